The maximum absolute atomic E-state index is 13.6. The standard InChI is InChI=1S/C22H31ClN4OS.ClH/c1-14-4-3-5-15(2)21(14)22(28)27-20(25-13-17-6-7-19(23)29-17)12-18(26-27)16-8-10-24-11-9-16;/h6-7,12,14-16,21,24-25H,3-5,8-11,13H2,1-2H3;1H. The molecule has 2 atom stereocenters. The zero-order chi connectivity index (χ0) is 20.4. The first-order valence-electron chi connectivity index (χ1n) is 10.9. The molecule has 2 aliphatic rings. The lowest BCUT2D eigenvalue weighted by molar-refractivity contribution is 0.0648. The number of rotatable bonds is 5. The van der Waals surface area contributed by atoms with Gasteiger partial charge in [0.25, 0.3) is 5.91 Å². The Labute approximate surface area is 194 Å². The van der Waals surface area contributed by atoms with Crippen LogP contribution in [0.3, 0.4) is 0 Å². The molecule has 0 spiro atoms. The Bertz CT molecular complexity index is 836. The normalized spacial score (nSPS) is 25.0. The highest BCUT2D eigenvalue weighted by atomic mass is 35.5. The summed E-state index contributed by atoms with van der Waals surface area (Å²) in [6.07, 6.45) is 5.61. The summed E-state index contributed by atoms with van der Waals surface area (Å²) in [6, 6.07) is 6.04. The Kier molecular flexibility index (Phi) is 8.24. The van der Waals surface area contributed by atoms with Crippen LogP contribution in [0.4, 0.5) is 5.82 Å². The lowest BCUT2D eigenvalue weighted by Crippen LogP contribution is -2.36. The zero-order valence-electron chi connectivity index (χ0n) is 17.7. The number of carbonyl (C=O) groups excluding carboxylic acids is 1. The van der Waals surface area contributed by atoms with E-state index in [0.29, 0.717) is 24.3 Å². The van der Waals surface area contributed by atoms with E-state index in [1.54, 1.807) is 16.0 Å². The first kappa shape index (κ1) is 23.6. The SMILES string of the molecule is CC1CCCC(C)C1C(=O)n1nc(C2CCNCC2)cc1NCc1ccc(Cl)s1.Cl. The van der Waals surface area contributed by atoms with Gasteiger partial charge >= 0.3 is 0 Å². The van der Waals surface area contributed by atoms with Gasteiger partial charge in [-0.15, -0.1) is 23.7 Å². The van der Waals surface area contributed by atoms with E-state index in [0.717, 1.165) is 59.5 Å². The molecule has 0 radical (unpaired) electrons. The van der Waals surface area contributed by atoms with Crippen molar-refractivity contribution in [3.63, 3.8) is 0 Å². The van der Waals surface area contributed by atoms with Gasteiger partial charge in [0.05, 0.1) is 16.6 Å². The summed E-state index contributed by atoms with van der Waals surface area (Å²) in [5.41, 5.74) is 1.04. The summed E-state index contributed by atoms with van der Waals surface area (Å²) >= 11 is 7.64. The molecular formula is C22H32Cl2N4OS. The average Bonchev–Trinajstić information content (AvgIpc) is 3.33. The van der Waals surface area contributed by atoms with Gasteiger partial charge in [0.15, 0.2) is 0 Å². The molecule has 1 saturated carbocycles. The van der Waals surface area contributed by atoms with E-state index < -0.39 is 0 Å². The van der Waals surface area contributed by atoms with Crippen molar-refractivity contribution in [2.45, 2.75) is 58.4 Å². The maximum atomic E-state index is 13.6. The third kappa shape index (κ3) is 5.21. The molecule has 166 valence electrons. The third-order valence-corrected chi connectivity index (χ3v) is 7.83. The first-order valence-corrected chi connectivity index (χ1v) is 12.1. The van der Waals surface area contributed by atoms with Crippen LogP contribution < -0.4 is 10.6 Å². The molecule has 2 aromatic rings. The smallest absolute Gasteiger partial charge is 0.252 e. The Morgan fingerprint density at radius 3 is 2.57 bits per heavy atom. The Balaban J connectivity index is 0.00000256. The van der Waals surface area contributed by atoms with Crippen molar-refractivity contribution < 1.29 is 4.79 Å². The molecule has 2 N–H and O–H groups in total. The van der Waals surface area contributed by atoms with Gasteiger partial charge in [-0.2, -0.15) is 9.78 Å². The van der Waals surface area contributed by atoms with Crippen molar-refractivity contribution in [3.05, 3.63) is 33.1 Å². The second kappa shape index (κ2) is 10.5. The quantitative estimate of drug-likeness (QED) is 0.578. The summed E-state index contributed by atoms with van der Waals surface area (Å²) in [6.45, 7) is 7.11. The van der Waals surface area contributed by atoms with E-state index in [4.69, 9.17) is 16.7 Å². The molecule has 1 aliphatic heterocycles. The van der Waals surface area contributed by atoms with Crippen molar-refractivity contribution in [1.29, 1.82) is 0 Å². The average molecular weight is 471 g/mol. The number of hydrogen-bond donors (Lipinski definition) is 2. The summed E-state index contributed by atoms with van der Waals surface area (Å²) in [5.74, 6) is 2.24. The second-order valence-electron chi connectivity index (χ2n) is 8.70. The van der Waals surface area contributed by atoms with Gasteiger partial charge in [0, 0.05) is 22.8 Å². The van der Waals surface area contributed by atoms with Crippen LogP contribution in [-0.4, -0.2) is 28.8 Å². The number of piperidine rings is 1. The number of thiophene rings is 1. The van der Waals surface area contributed by atoms with Crippen LogP contribution in [0.25, 0.3) is 0 Å². The zero-order valence-corrected chi connectivity index (χ0v) is 20.1. The van der Waals surface area contributed by atoms with Gasteiger partial charge < -0.3 is 10.6 Å². The highest BCUT2D eigenvalue weighted by Crippen LogP contribution is 2.37. The summed E-state index contributed by atoms with van der Waals surface area (Å²) in [7, 11) is 0. The minimum atomic E-state index is 0. The molecule has 8 heteroatoms. The molecule has 1 saturated heterocycles. The fourth-order valence-corrected chi connectivity index (χ4v) is 5.97. The van der Waals surface area contributed by atoms with Crippen LogP contribution >= 0.6 is 35.3 Å². The predicted octanol–water partition coefficient (Wildman–Crippen LogP) is 5.81. The minimum Gasteiger partial charge on any atom is -0.365 e. The van der Waals surface area contributed by atoms with E-state index in [1.807, 2.05) is 12.1 Å². The summed E-state index contributed by atoms with van der Waals surface area (Å²) < 4.78 is 2.46. The molecule has 0 amide bonds. The van der Waals surface area contributed by atoms with Gasteiger partial charge in [0.1, 0.15) is 5.82 Å². The highest BCUT2D eigenvalue weighted by Gasteiger charge is 2.36. The fraction of sp³-hybridized carbons (Fsp3) is 0.636. The Hall–Kier alpha value is -1.08. The topological polar surface area (TPSA) is 59.0 Å². The monoisotopic (exact) mass is 470 g/mol. The van der Waals surface area contributed by atoms with E-state index in [9.17, 15) is 4.79 Å². The number of nitrogens with zero attached hydrogens (tertiary/aromatic N) is 2. The van der Waals surface area contributed by atoms with Crippen LogP contribution in [0, 0.1) is 17.8 Å². The molecule has 0 aromatic carbocycles. The number of carbonyl (C=O) groups is 1. The van der Waals surface area contributed by atoms with Gasteiger partial charge in [-0.3, -0.25) is 4.79 Å². The number of anilines is 1. The van der Waals surface area contributed by atoms with Gasteiger partial charge in [-0.25, -0.2) is 0 Å². The van der Waals surface area contributed by atoms with Crippen molar-refractivity contribution in [1.82, 2.24) is 15.1 Å². The molecule has 2 unspecified atom stereocenters. The van der Waals surface area contributed by atoms with E-state index in [1.165, 1.54) is 6.42 Å². The van der Waals surface area contributed by atoms with Gasteiger partial charge in [0.2, 0.25) is 0 Å². The fourth-order valence-electron chi connectivity index (χ4n) is 4.94. The highest BCUT2D eigenvalue weighted by molar-refractivity contribution is 7.16. The predicted molar refractivity (Wildman–Crippen MR) is 127 cm³/mol. The van der Waals surface area contributed by atoms with Gasteiger partial charge in [-0.05, 0) is 62.7 Å². The van der Waals surface area contributed by atoms with Crippen LogP contribution in [0.5, 0.6) is 0 Å². The van der Waals surface area contributed by atoms with Crippen molar-refractivity contribution >= 4 is 47.1 Å². The van der Waals surface area contributed by atoms with Crippen molar-refractivity contribution in [3.8, 4) is 0 Å². The van der Waals surface area contributed by atoms with E-state index >= 15 is 0 Å². The lowest BCUT2D eigenvalue weighted by atomic mass is 9.73. The third-order valence-electron chi connectivity index (χ3n) is 6.60. The maximum Gasteiger partial charge on any atom is 0.252 e. The largest absolute Gasteiger partial charge is 0.365 e. The molecule has 1 aliphatic carbocycles. The number of hydrogen-bond acceptors (Lipinski definition) is 5. The van der Waals surface area contributed by atoms with Crippen LogP contribution in [0.1, 0.15) is 67.2 Å². The van der Waals surface area contributed by atoms with Crippen LogP contribution in [-0.2, 0) is 6.54 Å². The van der Waals surface area contributed by atoms with Crippen molar-refractivity contribution in [2.24, 2.45) is 17.8 Å². The van der Waals surface area contributed by atoms with Crippen LogP contribution in [0.15, 0.2) is 18.2 Å². The Morgan fingerprint density at radius 2 is 1.93 bits per heavy atom. The molecular weight excluding hydrogens is 439 g/mol. The molecule has 3 heterocycles. The second-order valence-corrected chi connectivity index (χ2v) is 10.5. The minimum absolute atomic E-state index is 0. The molecule has 5 nitrogen and oxygen atoms in total. The summed E-state index contributed by atoms with van der Waals surface area (Å²) in [5, 5.41) is 11.7. The molecule has 2 aromatic heterocycles. The summed E-state index contributed by atoms with van der Waals surface area (Å²) in [4.78, 5) is 14.7. The number of aromatic nitrogens is 2. The molecule has 2 fully saturated rings. The Morgan fingerprint density at radius 1 is 1.23 bits per heavy atom. The van der Waals surface area contributed by atoms with Crippen molar-refractivity contribution in [2.75, 3.05) is 18.4 Å². The first-order chi connectivity index (χ1) is 14.0. The van der Waals surface area contributed by atoms with Crippen LogP contribution in [0.2, 0.25) is 4.34 Å². The molecule has 30 heavy (non-hydrogen) atoms. The lowest BCUT2D eigenvalue weighted by Gasteiger charge is -2.33. The molecule has 4 rings (SSSR count). The van der Waals surface area contributed by atoms with E-state index in [2.05, 4.69) is 30.5 Å². The van der Waals surface area contributed by atoms with E-state index in [-0.39, 0.29) is 24.2 Å². The number of halogens is 2. The van der Waals surface area contributed by atoms with Gasteiger partial charge in [-0.1, -0.05) is 31.9 Å². The molecule has 0 bridgehead atoms. The number of nitrogens with one attached hydrogen (secondary N) is 2.